The number of halogens is 1. The quantitative estimate of drug-likeness (QED) is 0.421. The second kappa shape index (κ2) is 4.44. The van der Waals surface area contributed by atoms with Gasteiger partial charge in [-0.3, -0.25) is 4.79 Å². The van der Waals surface area contributed by atoms with Gasteiger partial charge in [0.1, 0.15) is 0 Å². The minimum atomic E-state index is 0.0869. The molecular weight excluding hydrogens is 236 g/mol. The van der Waals surface area contributed by atoms with E-state index in [0.717, 1.165) is 10.4 Å². The maximum absolute atomic E-state index is 11.0. The van der Waals surface area contributed by atoms with Crippen molar-refractivity contribution >= 4 is 33.0 Å². The Labute approximate surface area is 83.9 Å². The molecular formula is C9H7BrOS. The van der Waals surface area contributed by atoms with Gasteiger partial charge in [-0.2, -0.15) is 0 Å². The topological polar surface area (TPSA) is 17.1 Å². The third-order valence-corrected chi connectivity index (χ3v) is 2.57. The molecule has 0 unspecified atom stereocenters. The molecule has 1 aromatic heterocycles. The van der Waals surface area contributed by atoms with E-state index in [1.165, 1.54) is 11.3 Å². The minimum Gasteiger partial charge on any atom is -0.294 e. The fraction of sp³-hybridized carbons (Fsp3) is 0.222. The van der Waals surface area contributed by atoms with E-state index in [1.807, 2.05) is 11.4 Å². The summed E-state index contributed by atoms with van der Waals surface area (Å²) in [6.45, 7) is 1.56. The van der Waals surface area contributed by atoms with E-state index in [1.54, 1.807) is 6.92 Å². The molecule has 0 bridgehead atoms. The number of carbonyl (C=O) groups is 1. The highest BCUT2D eigenvalue weighted by Gasteiger charge is 2.05. The van der Waals surface area contributed by atoms with Crippen molar-refractivity contribution in [3.05, 3.63) is 21.9 Å². The Balaban J connectivity index is 2.99. The number of carbonyl (C=O) groups excluding carboxylic acids is 1. The van der Waals surface area contributed by atoms with Gasteiger partial charge in [0, 0.05) is 5.56 Å². The van der Waals surface area contributed by atoms with Crippen molar-refractivity contribution in [2.45, 2.75) is 6.92 Å². The van der Waals surface area contributed by atoms with E-state index < -0.39 is 0 Å². The second-order valence-electron chi connectivity index (χ2n) is 2.15. The van der Waals surface area contributed by atoms with Crippen molar-refractivity contribution in [1.82, 2.24) is 0 Å². The van der Waals surface area contributed by atoms with Crippen LogP contribution in [-0.4, -0.2) is 11.1 Å². The summed E-state index contributed by atoms with van der Waals surface area (Å²) in [6.07, 6.45) is 0. The van der Waals surface area contributed by atoms with Crippen LogP contribution in [0.4, 0.5) is 0 Å². The molecule has 0 N–H and O–H groups in total. The fourth-order valence-electron chi connectivity index (χ4n) is 0.809. The zero-order valence-corrected chi connectivity index (χ0v) is 8.96. The maximum Gasteiger partial charge on any atom is 0.170 e. The standard InChI is InChI=1S/C9H7BrOS/c1-7(11)9-8(3-2-5-10)4-6-12-9/h4,6H,5H2,1H3. The predicted molar refractivity (Wildman–Crippen MR) is 55.0 cm³/mol. The lowest BCUT2D eigenvalue weighted by Gasteiger charge is -1.88. The van der Waals surface area contributed by atoms with Crippen LogP contribution >= 0.6 is 27.3 Å². The Morgan fingerprint density at radius 2 is 2.50 bits per heavy atom. The molecule has 0 atom stereocenters. The van der Waals surface area contributed by atoms with Crippen molar-refractivity contribution in [2.75, 3.05) is 5.33 Å². The molecule has 0 fully saturated rings. The van der Waals surface area contributed by atoms with Crippen molar-refractivity contribution in [2.24, 2.45) is 0 Å². The summed E-state index contributed by atoms with van der Waals surface area (Å²) in [6, 6.07) is 1.87. The highest BCUT2D eigenvalue weighted by atomic mass is 79.9. The lowest BCUT2D eigenvalue weighted by Crippen LogP contribution is -1.89. The van der Waals surface area contributed by atoms with Crippen molar-refractivity contribution in [3.63, 3.8) is 0 Å². The molecule has 0 aliphatic carbocycles. The molecule has 0 spiro atoms. The fourth-order valence-corrected chi connectivity index (χ4v) is 1.70. The van der Waals surface area contributed by atoms with Crippen LogP contribution in [0.15, 0.2) is 11.4 Å². The van der Waals surface area contributed by atoms with E-state index >= 15 is 0 Å². The predicted octanol–water partition coefficient (Wildman–Crippen LogP) is 2.70. The molecule has 0 saturated heterocycles. The van der Waals surface area contributed by atoms with Crippen molar-refractivity contribution < 1.29 is 4.79 Å². The monoisotopic (exact) mass is 242 g/mol. The number of Topliss-reactive ketones (excluding diaryl/α,β-unsaturated/α-hetero) is 1. The lowest BCUT2D eigenvalue weighted by molar-refractivity contribution is 0.102. The molecule has 3 heteroatoms. The largest absolute Gasteiger partial charge is 0.294 e. The van der Waals surface area contributed by atoms with Crippen molar-refractivity contribution in [1.29, 1.82) is 0 Å². The lowest BCUT2D eigenvalue weighted by atomic mass is 10.2. The normalized spacial score (nSPS) is 8.83. The molecule has 0 aliphatic heterocycles. The number of ketones is 1. The molecule has 0 saturated carbocycles. The summed E-state index contributed by atoms with van der Waals surface area (Å²) in [5.74, 6) is 5.87. The molecule has 0 radical (unpaired) electrons. The van der Waals surface area contributed by atoms with Gasteiger partial charge in [0.15, 0.2) is 5.78 Å². The van der Waals surface area contributed by atoms with E-state index in [9.17, 15) is 4.79 Å². The number of hydrogen-bond donors (Lipinski definition) is 0. The summed E-state index contributed by atoms with van der Waals surface area (Å²) < 4.78 is 0. The molecule has 62 valence electrons. The first-order valence-electron chi connectivity index (χ1n) is 3.39. The molecule has 12 heavy (non-hydrogen) atoms. The first-order valence-corrected chi connectivity index (χ1v) is 5.39. The first kappa shape index (κ1) is 9.50. The molecule has 0 aliphatic rings. The van der Waals surface area contributed by atoms with Gasteiger partial charge in [-0.05, 0) is 18.4 Å². The van der Waals surface area contributed by atoms with Crippen LogP contribution < -0.4 is 0 Å². The van der Waals surface area contributed by atoms with E-state index in [-0.39, 0.29) is 5.78 Å². The smallest absolute Gasteiger partial charge is 0.170 e. The third kappa shape index (κ3) is 2.20. The Morgan fingerprint density at radius 1 is 1.75 bits per heavy atom. The van der Waals surface area contributed by atoms with Gasteiger partial charge >= 0.3 is 0 Å². The first-order chi connectivity index (χ1) is 5.75. The molecule has 1 aromatic rings. The van der Waals surface area contributed by atoms with Gasteiger partial charge in [-0.25, -0.2) is 0 Å². The SMILES string of the molecule is CC(=O)c1sccc1C#CCBr. The van der Waals surface area contributed by atoms with E-state index in [2.05, 4.69) is 27.8 Å². The molecule has 0 aromatic carbocycles. The van der Waals surface area contributed by atoms with Gasteiger partial charge in [0.25, 0.3) is 0 Å². The van der Waals surface area contributed by atoms with Crippen LogP contribution in [0.5, 0.6) is 0 Å². The highest BCUT2D eigenvalue weighted by Crippen LogP contribution is 2.15. The number of rotatable bonds is 1. The number of alkyl halides is 1. The summed E-state index contributed by atoms with van der Waals surface area (Å²) in [4.78, 5) is 11.8. The van der Waals surface area contributed by atoms with Gasteiger partial charge < -0.3 is 0 Å². The van der Waals surface area contributed by atoms with Gasteiger partial charge in [-0.15, -0.1) is 11.3 Å². The molecule has 1 heterocycles. The van der Waals surface area contributed by atoms with Crippen LogP contribution in [0.2, 0.25) is 0 Å². The molecule has 1 rings (SSSR count). The van der Waals surface area contributed by atoms with Crippen molar-refractivity contribution in [3.8, 4) is 11.8 Å². The second-order valence-corrected chi connectivity index (χ2v) is 3.63. The van der Waals surface area contributed by atoms with Crippen LogP contribution in [0.3, 0.4) is 0 Å². The van der Waals surface area contributed by atoms with Gasteiger partial charge in [-0.1, -0.05) is 27.8 Å². The summed E-state index contributed by atoms with van der Waals surface area (Å²) in [5.41, 5.74) is 0.840. The minimum absolute atomic E-state index is 0.0869. The maximum atomic E-state index is 11.0. The highest BCUT2D eigenvalue weighted by molar-refractivity contribution is 9.09. The summed E-state index contributed by atoms with van der Waals surface area (Å²) in [7, 11) is 0. The average molecular weight is 243 g/mol. The van der Waals surface area contributed by atoms with Crippen LogP contribution in [0, 0.1) is 11.8 Å². The number of hydrogen-bond acceptors (Lipinski definition) is 2. The van der Waals surface area contributed by atoms with E-state index in [4.69, 9.17) is 0 Å². The Hall–Kier alpha value is -0.590. The van der Waals surface area contributed by atoms with Gasteiger partial charge in [0.05, 0.1) is 10.2 Å². The van der Waals surface area contributed by atoms with Gasteiger partial charge in [0.2, 0.25) is 0 Å². The average Bonchev–Trinajstić information content (AvgIpc) is 2.48. The van der Waals surface area contributed by atoms with Crippen LogP contribution in [0.25, 0.3) is 0 Å². The Kier molecular flexibility index (Phi) is 3.51. The third-order valence-electron chi connectivity index (χ3n) is 1.27. The number of thiophene rings is 1. The zero-order valence-electron chi connectivity index (χ0n) is 6.56. The zero-order chi connectivity index (χ0) is 8.97. The summed E-state index contributed by atoms with van der Waals surface area (Å²) in [5, 5.41) is 2.52. The van der Waals surface area contributed by atoms with E-state index in [0.29, 0.717) is 5.33 Å². The summed E-state index contributed by atoms with van der Waals surface area (Å²) >= 11 is 4.64. The molecule has 1 nitrogen and oxygen atoms in total. The Bertz CT molecular complexity index is 343. The van der Waals surface area contributed by atoms with Crippen LogP contribution in [-0.2, 0) is 0 Å². The van der Waals surface area contributed by atoms with Crippen LogP contribution in [0.1, 0.15) is 22.2 Å². The Morgan fingerprint density at radius 3 is 3.08 bits per heavy atom. The molecule has 0 amide bonds.